The number of H-pyrrole nitrogens is 2. The van der Waals surface area contributed by atoms with Gasteiger partial charge in [-0.15, -0.1) is 0 Å². The highest BCUT2D eigenvalue weighted by molar-refractivity contribution is 6.00. The number of fused-ring (bicyclic) bond motifs is 2. The second-order valence-corrected chi connectivity index (χ2v) is 8.39. The van der Waals surface area contributed by atoms with Crippen LogP contribution in [0, 0.1) is 0 Å². The molecule has 0 unspecified atom stereocenters. The fourth-order valence-corrected chi connectivity index (χ4v) is 4.86. The number of nitrogens with zero attached hydrogens (tertiary/aromatic N) is 3. The zero-order chi connectivity index (χ0) is 23.1. The molecule has 3 aromatic heterocycles. The van der Waals surface area contributed by atoms with Crippen LogP contribution >= 0.6 is 0 Å². The van der Waals surface area contributed by atoms with Gasteiger partial charge < -0.3 is 14.6 Å². The average molecular weight is 450 g/mol. The number of ether oxygens (including phenoxy) is 1. The summed E-state index contributed by atoms with van der Waals surface area (Å²) in [7, 11) is 1.67. The van der Waals surface area contributed by atoms with E-state index in [0.717, 1.165) is 44.6 Å². The van der Waals surface area contributed by atoms with Crippen LogP contribution in [0.15, 0.2) is 79.3 Å². The summed E-state index contributed by atoms with van der Waals surface area (Å²) in [6, 6.07) is 19.6. The van der Waals surface area contributed by atoms with Crippen molar-refractivity contribution in [2.45, 2.75) is 12.5 Å². The lowest BCUT2D eigenvalue weighted by molar-refractivity contribution is 0.0746. The molecule has 0 saturated heterocycles. The monoisotopic (exact) mass is 449 g/mol. The third-order valence-electron chi connectivity index (χ3n) is 6.51. The normalized spacial score (nSPS) is 15.1. The van der Waals surface area contributed by atoms with E-state index >= 15 is 0 Å². The number of rotatable bonds is 6. The molecule has 7 heteroatoms. The predicted molar refractivity (Wildman–Crippen MR) is 130 cm³/mol. The molecule has 168 valence electrons. The summed E-state index contributed by atoms with van der Waals surface area (Å²) in [6.07, 6.45) is 6.30. The van der Waals surface area contributed by atoms with E-state index in [-0.39, 0.29) is 11.9 Å². The highest BCUT2D eigenvalue weighted by Gasteiger charge is 2.42. The smallest absolute Gasteiger partial charge is 0.273 e. The van der Waals surface area contributed by atoms with Crippen LogP contribution in [-0.2, 0) is 6.42 Å². The Kier molecular flexibility index (Phi) is 4.87. The third kappa shape index (κ3) is 3.25. The topological polar surface area (TPSA) is 86.9 Å². The molecule has 0 fully saturated rings. The Morgan fingerprint density at radius 3 is 2.76 bits per heavy atom. The Labute approximate surface area is 196 Å². The Morgan fingerprint density at radius 2 is 1.97 bits per heavy atom. The highest BCUT2D eigenvalue weighted by Crippen LogP contribution is 2.42. The molecular weight excluding hydrogens is 426 g/mol. The lowest BCUT2D eigenvalue weighted by Gasteiger charge is -2.26. The number of amides is 1. The van der Waals surface area contributed by atoms with E-state index in [4.69, 9.17) is 4.74 Å². The molecule has 6 rings (SSSR count). The zero-order valence-electron chi connectivity index (χ0n) is 18.7. The highest BCUT2D eigenvalue weighted by atomic mass is 16.5. The summed E-state index contributed by atoms with van der Waals surface area (Å²) in [4.78, 5) is 23.1. The Hall–Kier alpha value is -4.39. The predicted octanol–water partition coefficient (Wildman–Crippen LogP) is 4.75. The number of benzene rings is 2. The van der Waals surface area contributed by atoms with Crippen molar-refractivity contribution in [2.75, 3.05) is 13.7 Å². The van der Waals surface area contributed by atoms with Crippen molar-refractivity contribution in [3.8, 4) is 17.0 Å². The van der Waals surface area contributed by atoms with E-state index in [1.807, 2.05) is 78.0 Å². The molecule has 0 bridgehead atoms. The fourth-order valence-electron chi connectivity index (χ4n) is 4.86. The summed E-state index contributed by atoms with van der Waals surface area (Å²) in [5.74, 6) is 0.767. The van der Waals surface area contributed by atoms with Crippen molar-refractivity contribution in [1.29, 1.82) is 0 Å². The molecule has 7 nitrogen and oxygen atoms in total. The van der Waals surface area contributed by atoms with Crippen molar-refractivity contribution < 1.29 is 9.53 Å². The van der Waals surface area contributed by atoms with Gasteiger partial charge in [-0.1, -0.05) is 36.4 Å². The van der Waals surface area contributed by atoms with Gasteiger partial charge in [-0.2, -0.15) is 5.10 Å². The summed E-state index contributed by atoms with van der Waals surface area (Å²) in [5.41, 5.74) is 6.40. The van der Waals surface area contributed by atoms with E-state index in [0.29, 0.717) is 18.7 Å². The largest absolute Gasteiger partial charge is 0.497 e. The number of nitrogens with one attached hydrogen (secondary N) is 2. The maximum absolute atomic E-state index is 13.6. The first kappa shape index (κ1) is 20.2. The van der Waals surface area contributed by atoms with Crippen LogP contribution in [0.2, 0.25) is 0 Å². The van der Waals surface area contributed by atoms with Gasteiger partial charge in [0.25, 0.3) is 5.91 Å². The van der Waals surface area contributed by atoms with Crippen molar-refractivity contribution in [2.24, 2.45) is 0 Å². The average Bonchev–Trinajstić information content (AvgIpc) is 3.57. The van der Waals surface area contributed by atoms with E-state index in [9.17, 15) is 4.79 Å². The zero-order valence-corrected chi connectivity index (χ0v) is 18.7. The van der Waals surface area contributed by atoms with E-state index in [2.05, 4.69) is 20.2 Å². The summed E-state index contributed by atoms with van der Waals surface area (Å²) in [6.45, 7) is 0.555. The third-order valence-corrected chi connectivity index (χ3v) is 6.51. The minimum atomic E-state index is -0.259. The molecule has 5 aromatic rings. The molecule has 4 heterocycles. The molecule has 34 heavy (non-hydrogen) atoms. The SMILES string of the molecule is COc1ccc2[nH]cc(CCN3C(=O)c4[nH]nc(-c5ccccc5)c4[C@@H]3c3cccnc3)c2c1. The maximum Gasteiger partial charge on any atom is 0.273 e. The van der Waals surface area contributed by atoms with Crippen LogP contribution in [0.3, 0.4) is 0 Å². The Morgan fingerprint density at radius 1 is 1.09 bits per heavy atom. The molecule has 2 aromatic carbocycles. The summed E-state index contributed by atoms with van der Waals surface area (Å²) < 4.78 is 5.41. The fraction of sp³-hybridized carbons (Fsp3) is 0.148. The standard InChI is InChI=1S/C27H23N5O2/c1-34-20-9-10-22-21(14-20)18(16-29-22)11-13-32-26(19-8-5-12-28-15-19)23-24(17-6-3-2-4-7-17)30-31-25(23)27(32)33/h2-10,12,14-16,26,29H,11,13H2,1H3,(H,30,31)/t26-/m0/s1. The van der Waals surface area contributed by atoms with Gasteiger partial charge in [0.15, 0.2) is 0 Å². The number of aromatic nitrogens is 4. The van der Waals surface area contributed by atoms with Gasteiger partial charge in [-0.3, -0.25) is 14.9 Å². The molecule has 0 radical (unpaired) electrons. The van der Waals surface area contributed by atoms with Crippen LogP contribution < -0.4 is 4.74 Å². The lowest BCUT2D eigenvalue weighted by atomic mass is 9.97. The summed E-state index contributed by atoms with van der Waals surface area (Å²) in [5, 5.41) is 8.65. The first-order chi connectivity index (χ1) is 16.7. The molecule has 1 aliphatic heterocycles. The van der Waals surface area contributed by atoms with Gasteiger partial charge in [0.2, 0.25) is 0 Å². The van der Waals surface area contributed by atoms with E-state index in [1.165, 1.54) is 0 Å². The second-order valence-electron chi connectivity index (χ2n) is 8.39. The number of pyridine rings is 1. The number of methoxy groups -OCH3 is 1. The van der Waals surface area contributed by atoms with Crippen molar-refractivity contribution in [3.05, 3.63) is 102 Å². The molecule has 2 N–H and O–H groups in total. The molecule has 0 aliphatic carbocycles. The molecule has 1 amide bonds. The minimum absolute atomic E-state index is 0.0454. The quantitative estimate of drug-likeness (QED) is 0.392. The number of aromatic amines is 2. The van der Waals surface area contributed by atoms with Crippen LogP contribution in [0.5, 0.6) is 5.75 Å². The van der Waals surface area contributed by atoms with Crippen LogP contribution in [0.25, 0.3) is 22.2 Å². The van der Waals surface area contributed by atoms with Crippen molar-refractivity contribution in [1.82, 2.24) is 25.1 Å². The number of carbonyl (C=O) groups is 1. The second kappa shape index (κ2) is 8.19. The van der Waals surface area contributed by atoms with Gasteiger partial charge in [-0.05, 0) is 41.8 Å². The lowest BCUT2D eigenvalue weighted by Crippen LogP contribution is -2.31. The van der Waals surface area contributed by atoms with Gasteiger partial charge in [0.1, 0.15) is 11.4 Å². The molecule has 0 saturated carbocycles. The van der Waals surface area contributed by atoms with E-state index in [1.54, 1.807) is 13.3 Å². The first-order valence-corrected chi connectivity index (χ1v) is 11.2. The molecule has 1 atom stereocenters. The van der Waals surface area contributed by atoms with Gasteiger partial charge in [0, 0.05) is 47.2 Å². The molecule has 0 spiro atoms. The van der Waals surface area contributed by atoms with Gasteiger partial charge in [-0.25, -0.2) is 0 Å². The van der Waals surface area contributed by atoms with E-state index < -0.39 is 0 Å². The first-order valence-electron chi connectivity index (χ1n) is 11.2. The van der Waals surface area contributed by atoms with Crippen LogP contribution in [-0.4, -0.2) is 44.6 Å². The Balaban J connectivity index is 1.38. The number of hydrogen-bond donors (Lipinski definition) is 2. The van der Waals surface area contributed by atoms with Crippen LogP contribution in [0.1, 0.15) is 33.2 Å². The number of carbonyl (C=O) groups excluding carboxylic acids is 1. The maximum atomic E-state index is 13.6. The van der Waals surface area contributed by atoms with Crippen LogP contribution in [0.4, 0.5) is 0 Å². The van der Waals surface area contributed by atoms with Crippen molar-refractivity contribution in [3.63, 3.8) is 0 Å². The van der Waals surface area contributed by atoms with Gasteiger partial charge >= 0.3 is 0 Å². The number of hydrogen-bond acceptors (Lipinski definition) is 4. The minimum Gasteiger partial charge on any atom is -0.497 e. The van der Waals surface area contributed by atoms with Crippen molar-refractivity contribution >= 4 is 16.8 Å². The summed E-state index contributed by atoms with van der Waals surface area (Å²) >= 11 is 0. The molecule has 1 aliphatic rings. The van der Waals surface area contributed by atoms with Gasteiger partial charge in [0.05, 0.1) is 18.8 Å². The Bertz CT molecular complexity index is 1470. The molecular formula is C27H23N5O2.